The third kappa shape index (κ3) is 4.63. The molecule has 0 saturated carbocycles. The van der Waals surface area contributed by atoms with Crippen LogP contribution >= 0.6 is 0 Å². The monoisotopic (exact) mass is 301 g/mol. The van der Waals surface area contributed by atoms with E-state index in [1.165, 1.54) is 0 Å². The van der Waals surface area contributed by atoms with Gasteiger partial charge in [-0.25, -0.2) is 4.99 Å². The number of benzene rings is 1. The van der Waals surface area contributed by atoms with Gasteiger partial charge in [-0.3, -0.25) is 0 Å². The topological polar surface area (TPSA) is 59.6 Å². The summed E-state index contributed by atoms with van der Waals surface area (Å²) in [5.74, 6) is 1.08. The van der Waals surface area contributed by atoms with Crippen LogP contribution in [0.3, 0.4) is 0 Å². The second kappa shape index (κ2) is 6.34. The summed E-state index contributed by atoms with van der Waals surface area (Å²) in [4.78, 5) is 4.26. The van der Waals surface area contributed by atoms with Gasteiger partial charge in [0.25, 0.3) is 0 Å². The zero-order chi connectivity index (χ0) is 15.5. The van der Waals surface area contributed by atoms with E-state index in [4.69, 9.17) is 10.5 Å². The number of fused-ring (bicyclic) bond motifs is 1. The number of halogens is 3. The van der Waals surface area contributed by atoms with Gasteiger partial charge in [0.05, 0.1) is 0 Å². The molecule has 0 amide bonds. The van der Waals surface area contributed by atoms with Crippen molar-refractivity contribution in [2.24, 2.45) is 10.7 Å². The Morgan fingerprint density at radius 1 is 1.38 bits per heavy atom. The van der Waals surface area contributed by atoms with Crippen LogP contribution < -0.4 is 15.8 Å². The molecule has 0 aliphatic carbocycles. The Bertz CT molecular complexity index is 529. The fourth-order valence-corrected chi connectivity index (χ4v) is 1.99. The van der Waals surface area contributed by atoms with E-state index in [2.05, 4.69) is 10.3 Å². The Labute approximate surface area is 121 Å². The average molecular weight is 301 g/mol. The van der Waals surface area contributed by atoms with Crippen LogP contribution in [-0.4, -0.2) is 24.7 Å². The summed E-state index contributed by atoms with van der Waals surface area (Å²) in [6, 6.07) is 5.48. The van der Waals surface area contributed by atoms with Crippen molar-refractivity contribution < 1.29 is 17.9 Å². The number of amidine groups is 1. The molecule has 0 bridgehead atoms. The van der Waals surface area contributed by atoms with Gasteiger partial charge in [-0.15, -0.1) is 0 Å². The van der Waals surface area contributed by atoms with Crippen molar-refractivity contribution in [2.45, 2.75) is 38.6 Å². The molecule has 0 radical (unpaired) electrons. The Balaban J connectivity index is 1.85. The van der Waals surface area contributed by atoms with Crippen molar-refractivity contribution in [3.8, 4) is 5.75 Å². The predicted molar refractivity (Wildman–Crippen MR) is 74.8 cm³/mol. The molecule has 1 aliphatic heterocycles. The van der Waals surface area contributed by atoms with Crippen LogP contribution in [0.1, 0.15) is 25.3 Å². The minimum Gasteiger partial charge on any atom is -0.481 e. The van der Waals surface area contributed by atoms with E-state index < -0.39 is 12.6 Å². The number of nitrogens with two attached hydrogens (primary N) is 1. The Morgan fingerprint density at radius 2 is 2.14 bits per heavy atom. The van der Waals surface area contributed by atoms with Gasteiger partial charge in [-0.1, -0.05) is 6.07 Å². The van der Waals surface area contributed by atoms with Gasteiger partial charge in [-0.05, 0) is 37.6 Å². The van der Waals surface area contributed by atoms with Gasteiger partial charge in [0, 0.05) is 13.0 Å². The van der Waals surface area contributed by atoms with E-state index >= 15 is 0 Å². The predicted octanol–water partition coefficient (Wildman–Crippen LogP) is 2.89. The van der Waals surface area contributed by atoms with Crippen molar-refractivity contribution in [1.29, 1.82) is 0 Å². The smallest absolute Gasteiger partial charge is 0.389 e. The molecule has 1 aromatic carbocycles. The molecule has 0 spiro atoms. The summed E-state index contributed by atoms with van der Waals surface area (Å²) < 4.78 is 41.6. The largest absolute Gasteiger partial charge is 0.481 e. The Kier molecular flexibility index (Phi) is 4.72. The highest BCUT2D eigenvalue weighted by Crippen LogP contribution is 2.32. The quantitative estimate of drug-likeness (QED) is 0.822. The molecule has 2 rings (SSSR count). The third-order valence-electron chi connectivity index (χ3n) is 3.14. The Morgan fingerprint density at radius 3 is 2.86 bits per heavy atom. The van der Waals surface area contributed by atoms with Gasteiger partial charge in [0.15, 0.2) is 6.10 Å². The molecule has 0 saturated heterocycles. The van der Waals surface area contributed by atoms with Crippen LogP contribution in [0.2, 0.25) is 0 Å². The van der Waals surface area contributed by atoms with E-state index in [1.54, 1.807) is 6.07 Å². The highest BCUT2D eigenvalue weighted by Gasteiger charge is 2.25. The standard InChI is InChI=1S/C14H18F3N3O/c1-9-13(18)20-11-7-10(3-4-12(11)21-9)8-19-6-2-5-14(15,16)17/h3-4,7,9,19H,2,5-6,8H2,1H3,(H2,18,20). The van der Waals surface area contributed by atoms with Crippen molar-refractivity contribution >= 4 is 11.5 Å². The second-order valence-electron chi connectivity index (χ2n) is 4.99. The van der Waals surface area contributed by atoms with Gasteiger partial charge < -0.3 is 15.8 Å². The first-order chi connectivity index (χ1) is 9.85. The van der Waals surface area contributed by atoms with E-state index in [9.17, 15) is 13.2 Å². The number of hydrogen-bond donors (Lipinski definition) is 2. The highest BCUT2D eigenvalue weighted by molar-refractivity contribution is 5.89. The third-order valence-corrected chi connectivity index (χ3v) is 3.14. The van der Waals surface area contributed by atoms with E-state index in [1.807, 2.05) is 19.1 Å². The Hall–Kier alpha value is -1.76. The number of nitrogens with zero attached hydrogens (tertiary/aromatic N) is 1. The van der Waals surface area contributed by atoms with Crippen molar-refractivity contribution in [2.75, 3.05) is 6.54 Å². The van der Waals surface area contributed by atoms with Crippen LogP contribution in [-0.2, 0) is 6.54 Å². The van der Waals surface area contributed by atoms with Crippen molar-refractivity contribution in [3.05, 3.63) is 23.8 Å². The molecular formula is C14H18F3N3O. The number of nitrogens with one attached hydrogen (secondary N) is 1. The van der Waals surface area contributed by atoms with E-state index in [0.29, 0.717) is 30.4 Å². The lowest BCUT2D eigenvalue weighted by Crippen LogP contribution is -2.33. The summed E-state index contributed by atoms with van der Waals surface area (Å²) >= 11 is 0. The first-order valence-corrected chi connectivity index (χ1v) is 6.76. The number of alkyl halides is 3. The lowest BCUT2D eigenvalue weighted by atomic mass is 10.1. The summed E-state index contributed by atoms with van der Waals surface area (Å²) in [5.41, 5.74) is 7.31. The van der Waals surface area contributed by atoms with Crippen LogP contribution in [0.25, 0.3) is 0 Å². The first kappa shape index (κ1) is 15.6. The number of rotatable bonds is 5. The summed E-state index contributed by atoms with van der Waals surface area (Å²) in [7, 11) is 0. The molecule has 21 heavy (non-hydrogen) atoms. The molecule has 1 aromatic rings. The minimum atomic E-state index is -4.09. The number of ether oxygens (including phenoxy) is 1. The average Bonchev–Trinajstić information content (AvgIpc) is 2.38. The van der Waals surface area contributed by atoms with Gasteiger partial charge in [-0.2, -0.15) is 13.2 Å². The lowest BCUT2D eigenvalue weighted by molar-refractivity contribution is -0.135. The zero-order valence-corrected chi connectivity index (χ0v) is 11.7. The van der Waals surface area contributed by atoms with Gasteiger partial charge in [0.2, 0.25) is 0 Å². The molecular weight excluding hydrogens is 283 g/mol. The fraction of sp³-hybridized carbons (Fsp3) is 0.500. The first-order valence-electron chi connectivity index (χ1n) is 6.76. The normalized spacial score (nSPS) is 17.9. The maximum atomic E-state index is 12.0. The second-order valence-corrected chi connectivity index (χ2v) is 4.99. The fourth-order valence-electron chi connectivity index (χ4n) is 1.99. The van der Waals surface area contributed by atoms with Gasteiger partial charge >= 0.3 is 6.18 Å². The van der Waals surface area contributed by atoms with E-state index in [0.717, 1.165) is 5.56 Å². The molecule has 1 atom stereocenters. The summed E-state index contributed by atoms with van der Waals surface area (Å²) in [6.07, 6.45) is -5.03. The zero-order valence-electron chi connectivity index (χ0n) is 11.7. The summed E-state index contributed by atoms with van der Waals surface area (Å²) in [5, 5.41) is 2.98. The minimum absolute atomic E-state index is 0.0696. The van der Waals surface area contributed by atoms with E-state index in [-0.39, 0.29) is 12.5 Å². The molecule has 0 aromatic heterocycles. The summed E-state index contributed by atoms with van der Waals surface area (Å²) in [6.45, 7) is 2.61. The molecule has 1 unspecified atom stereocenters. The van der Waals surface area contributed by atoms with Crippen LogP contribution in [0.4, 0.5) is 18.9 Å². The highest BCUT2D eigenvalue weighted by atomic mass is 19.4. The van der Waals surface area contributed by atoms with Gasteiger partial charge in [0.1, 0.15) is 17.3 Å². The lowest BCUT2D eigenvalue weighted by Gasteiger charge is -2.21. The number of hydrogen-bond acceptors (Lipinski definition) is 4. The van der Waals surface area contributed by atoms with Crippen LogP contribution in [0.15, 0.2) is 23.2 Å². The maximum Gasteiger partial charge on any atom is 0.389 e. The molecule has 7 heteroatoms. The molecule has 0 fully saturated rings. The maximum absolute atomic E-state index is 12.0. The van der Waals surface area contributed by atoms with Crippen molar-refractivity contribution in [1.82, 2.24) is 5.32 Å². The number of aliphatic imine (C=N–C) groups is 1. The molecule has 4 nitrogen and oxygen atoms in total. The van der Waals surface area contributed by atoms with Crippen LogP contribution in [0, 0.1) is 0 Å². The molecule has 116 valence electrons. The molecule has 1 heterocycles. The van der Waals surface area contributed by atoms with Crippen molar-refractivity contribution in [3.63, 3.8) is 0 Å². The SMILES string of the molecule is CC1Oc2ccc(CNCCCC(F)(F)F)cc2N=C1N. The molecule has 3 N–H and O–H groups in total. The van der Waals surface area contributed by atoms with Crippen LogP contribution in [0.5, 0.6) is 5.75 Å². The molecule has 1 aliphatic rings.